The third-order valence-electron chi connectivity index (χ3n) is 2.16. The van der Waals surface area contributed by atoms with E-state index >= 15 is 0 Å². The minimum atomic E-state index is -0.296. The fourth-order valence-electron chi connectivity index (χ4n) is 1.45. The lowest BCUT2D eigenvalue weighted by Crippen LogP contribution is -2.32. The van der Waals surface area contributed by atoms with E-state index < -0.39 is 0 Å². The number of aliphatic hydroxyl groups is 1. The third-order valence-corrected chi connectivity index (χ3v) is 2.16. The zero-order valence-corrected chi connectivity index (χ0v) is 8.71. The molecule has 2 unspecified atom stereocenters. The molecular formula is C10H22O2. The molecule has 0 amide bonds. The van der Waals surface area contributed by atoms with Crippen molar-refractivity contribution < 1.29 is 9.84 Å². The maximum atomic E-state index is 9.69. The third kappa shape index (κ3) is 4.07. The van der Waals surface area contributed by atoms with Gasteiger partial charge in [0.15, 0.2) is 0 Å². The summed E-state index contributed by atoms with van der Waals surface area (Å²) in [4.78, 5) is 0. The highest BCUT2D eigenvalue weighted by molar-refractivity contribution is 4.71. The zero-order chi connectivity index (χ0) is 9.56. The van der Waals surface area contributed by atoms with Crippen molar-refractivity contribution in [3.05, 3.63) is 0 Å². The molecule has 2 heteroatoms. The van der Waals surface area contributed by atoms with Crippen molar-refractivity contribution in [1.82, 2.24) is 0 Å². The highest BCUT2D eigenvalue weighted by atomic mass is 16.5. The first-order chi connectivity index (χ1) is 5.63. The van der Waals surface area contributed by atoms with Crippen molar-refractivity contribution in [3.8, 4) is 0 Å². The van der Waals surface area contributed by atoms with Crippen LogP contribution in [0.4, 0.5) is 0 Å². The highest BCUT2D eigenvalue weighted by Crippen LogP contribution is 2.14. The predicted molar refractivity (Wildman–Crippen MR) is 51.2 cm³/mol. The minimum Gasteiger partial charge on any atom is -0.390 e. The molecule has 0 aromatic heterocycles. The van der Waals surface area contributed by atoms with Gasteiger partial charge in [0, 0.05) is 7.11 Å². The predicted octanol–water partition coefficient (Wildman–Crippen LogP) is 2.21. The van der Waals surface area contributed by atoms with E-state index in [1.165, 1.54) is 0 Å². The summed E-state index contributed by atoms with van der Waals surface area (Å²) in [7, 11) is 1.67. The monoisotopic (exact) mass is 174 g/mol. The molecule has 0 saturated heterocycles. The first kappa shape index (κ1) is 11.9. The Balaban J connectivity index is 3.77. The normalized spacial score (nSPS) is 16.5. The lowest BCUT2D eigenvalue weighted by Gasteiger charge is -2.24. The number of methoxy groups -OCH3 is 1. The summed E-state index contributed by atoms with van der Waals surface area (Å²) in [5.41, 5.74) is 0. The quantitative estimate of drug-likeness (QED) is 0.669. The molecule has 1 N–H and O–H groups in total. The van der Waals surface area contributed by atoms with Gasteiger partial charge in [-0.1, -0.05) is 33.6 Å². The van der Waals surface area contributed by atoms with Crippen molar-refractivity contribution in [2.75, 3.05) is 7.11 Å². The molecule has 0 rings (SSSR count). The van der Waals surface area contributed by atoms with Crippen LogP contribution in [-0.2, 0) is 4.74 Å². The van der Waals surface area contributed by atoms with Crippen LogP contribution in [0.5, 0.6) is 0 Å². The molecule has 0 aliphatic carbocycles. The molecule has 2 nitrogen and oxygen atoms in total. The number of hydrogen-bond donors (Lipinski definition) is 1. The molecule has 0 saturated carbocycles. The summed E-state index contributed by atoms with van der Waals surface area (Å²) in [5.74, 6) is 0.391. The number of rotatable bonds is 6. The summed E-state index contributed by atoms with van der Waals surface area (Å²) >= 11 is 0. The Kier molecular flexibility index (Phi) is 6.39. The van der Waals surface area contributed by atoms with Gasteiger partial charge >= 0.3 is 0 Å². The SMILES string of the molecule is CCCCC(O)C(OC)C(C)C. The Morgan fingerprint density at radius 3 is 2.25 bits per heavy atom. The van der Waals surface area contributed by atoms with Crippen molar-refractivity contribution in [2.24, 2.45) is 5.92 Å². The second-order valence-corrected chi connectivity index (χ2v) is 3.65. The largest absolute Gasteiger partial charge is 0.390 e. The van der Waals surface area contributed by atoms with Gasteiger partial charge in [-0.25, -0.2) is 0 Å². The molecule has 0 aromatic carbocycles. The number of hydrogen-bond acceptors (Lipinski definition) is 2. The first-order valence-corrected chi connectivity index (χ1v) is 4.84. The minimum absolute atomic E-state index is 0.00319. The molecule has 0 radical (unpaired) electrons. The molecule has 2 atom stereocenters. The maximum Gasteiger partial charge on any atom is 0.0852 e. The van der Waals surface area contributed by atoms with Crippen LogP contribution in [0.15, 0.2) is 0 Å². The van der Waals surface area contributed by atoms with Gasteiger partial charge in [0.05, 0.1) is 12.2 Å². The fourth-order valence-corrected chi connectivity index (χ4v) is 1.45. The van der Waals surface area contributed by atoms with E-state index in [4.69, 9.17) is 4.74 Å². The van der Waals surface area contributed by atoms with E-state index in [-0.39, 0.29) is 12.2 Å². The van der Waals surface area contributed by atoms with Gasteiger partial charge < -0.3 is 9.84 Å². The lowest BCUT2D eigenvalue weighted by molar-refractivity contribution is -0.0413. The molecule has 0 bridgehead atoms. The number of unbranched alkanes of at least 4 members (excludes halogenated alkanes) is 1. The van der Waals surface area contributed by atoms with Gasteiger partial charge in [-0.15, -0.1) is 0 Å². The van der Waals surface area contributed by atoms with E-state index in [1.54, 1.807) is 7.11 Å². The van der Waals surface area contributed by atoms with Crippen LogP contribution in [0.25, 0.3) is 0 Å². The van der Waals surface area contributed by atoms with Crippen LogP contribution in [-0.4, -0.2) is 24.4 Å². The lowest BCUT2D eigenvalue weighted by atomic mass is 9.98. The van der Waals surface area contributed by atoms with Crippen LogP contribution >= 0.6 is 0 Å². The molecule has 74 valence electrons. The van der Waals surface area contributed by atoms with Gasteiger partial charge in [-0.2, -0.15) is 0 Å². The second-order valence-electron chi connectivity index (χ2n) is 3.65. The van der Waals surface area contributed by atoms with Crippen LogP contribution in [0.2, 0.25) is 0 Å². The Morgan fingerprint density at radius 1 is 1.33 bits per heavy atom. The number of aliphatic hydroxyl groups excluding tert-OH is 1. The van der Waals surface area contributed by atoms with Crippen molar-refractivity contribution in [1.29, 1.82) is 0 Å². The van der Waals surface area contributed by atoms with Gasteiger partial charge in [0.2, 0.25) is 0 Å². The topological polar surface area (TPSA) is 29.5 Å². The molecule has 12 heavy (non-hydrogen) atoms. The van der Waals surface area contributed by atoms with Gasteiger partial charge in [-0.3, -0.25) is 0 Å². The Bertz CT molecular complexity index is 102. The second kappa shape index (κ2) is 6.44. The first-order valence-electron chi connectivity index (χ1n) is 4.84. The average molecular weight is 174 g/mol. The summed E-state index contributed by atoms with van der Waals surface area (Å²) in [6, 6.07) is 0. The van der Waals surface area contributed by atoms with Gasteiger partial charge in [0.25, 0.3) is 0 Å². The fraction of sp³-hybridized carbons (Fsp3) is 1.00. The average Bonchev–Trinajstić information content (AvgIpc) is 2.01. The van der Waals surface area contributed by atoms with Crippen molar-refractivity contribution >= 4 is 0 Å². The summed E-state index contributed by atoms with van der Waals surface area (Å²) < 4.78 is 5.22. The summed E-state index contributed by atoms with van der Waals surface area (Å²) in [6.45, 7) is 6.27. The van der Waals surface area contributed by atoms with Crippen molar-refractivity contribution in [3.63, 3.8) is 0 Å². The van der Waals surface area contributed by atoms with E-state index in [2.05, 4.69) is 20.8 Å². The van der Waals surface area contributed by atoms with Crippen molar-refractivity contribution in [2.45, 2.75) is 52.2 Å². The Morgan fingerprint density at radius 2 is 1.92 bits per heavy atom. The van der Waals surface area contributed by atoms with E-state index in [1.807, 2.05) is 0 Å². The molecule has 0 heterocycles. The van der Waals surface area contributed by atoms with Crippen LogP contribution in [0.3, 0.4) is 0 Å². The molecule has 0 aliphatic heterocycles. The molecular weight excluding hydrogens is 152 g/mol. The van der Waals surface area contributed by atoms with Crippen LogP contribution in [0, 0.1) is 5.92 Å². The smallest absolute Gasteiger partial charge is 0.0852 e. The molecule has 0 aromatic rings. The van der Waals surface area contributed by atoms with Gasteiger partial charge in [-0.05, 0) is 12.3 Å². The number of ether oxygens (including phenoxy) is 1. The molecule has 0 fully saturated rings. The summed E-state index contributed by atoms with van der Waals surface area (Å²) in [6.07, 6.45) is 2.76. The van der Waals surface area contributed by atoms with E-state index in [0.717, 1.165) is 19.3 Å². The highest BCUT2D eigenvalue weighted by Gasteiger charge is 2.21. The molecule has 0 aliphatic rings. The van der Waals surface area contributed by atoms with E-state index in [0.29, 0.717) is 5.92 Å². The van der Waals surface area contributed by atoms with E-state index in [9.17, 15) is 5.11 Å². The van der Waals surface area contributed by atoms with Crippen LogP contribution < -0.4 is 0 Å². The van der Waals surface area contributed by atoms with Crippen LogP contribution in [0.1, 0.15) is 40.0 Å². The molecule has 0 spiro atoms. The Labute approximate surface area is 75.9 Å². The van der Waals surface area contributed by atoms with Gasteiger partial charge in [0.1, 0.15) is 0 Å². The summed E-state index contributed by atoms with van der Waals surface area (Å²) in [5, 5.41) is 9.69. The zero-order valence-electron chi connectivity index (χ0n) is 8.71. The maximum absolute atomic E-state index is 9.69. The standard InChI is InChI=1S/C10H22O2/c1-5-6-7-9(11)10(12-4)8(2)3/h8-11H,5-7H2,1-4H3. The Hall–Kier alpha value is -0.0800.